The average molecular weight is 314 g/mol. The number of amides is 1. The van der Waals surface area contributed by atoms with Gasteiger partial charge < -0.3 is 19.9 Å². The summed E-state index contributed by atoms with van der Waals surface area (Å²) in [7, 11) is 0. The van der Waals surface area contributed by atoms with E-state index < -0.39 is 6.10 Å². The van der Waals surface area contributed by atoms with Gasteiger partial charge in [0.1, 0.15) is 5.75 Å². The van der Waals surface area contributed by atoms with Gasteiger partial charge in [-0.05, 0) is 38.0 Å². The minimum atomic E-state index is -0.711. The number of rotatable bonds is 5. The number of aliphatic hydroxyl groups excluding tert-OH is 1. The van der Waals surface area contributed by atoms with Crippen LogP contribution < -0.4 is 10.1 Å². The Labute approximate surface area is 129 Å². The predicted molar refractivity (Wildman–Crippen MR) is 79.6 cm³/mol. The third-order valence-electron chi connectivity index (χ3n) is 3.37. The highest BCUT2D eigenvalue weighted by Gasteiger charge is 2.17. The molecule has 1 aliphatic rings. The van der Waals surface area contributed by atoms with E-state index >= 15 is 0 Å². The van der Waals surface area contributed by atoms with Gasteiger partial charge >= 0.3 is 0 Å². The summed E-state index contributed by atoms with van der Waals surface area (Å²) < 4.78 is 10.7. The van der Waals surface area contributed by atoms with Crippen LogP contribution in [0.15, 0.2) is 18.2 Å². The molecule has 1 aromatic carbocycles. The number of nitrogens with one attached hydrogen (secondary N) is 1. The SMILES string of the molecule is CC(O)c1cc(Cl)ccc1OCC(=O)NC1CCOCC1. The largest absolute Gasteiger partial charge is 0.483 e. The fraction of sp³-hybridized carbons (Fsp3) is 0.533. The Morgan fingerprint density at radius 3 is 2.90 bits per heavy atom. The van der Waals surface area contributed by atoms with Crippen molar-refractivity contribution < 1.29 is 19.4 Å². The van der Waals surface area contributed by atoms with Crippen molar-refractivity contribution >= 4 is 17.5 Å². The van der Waals surface area contributed by atoms with E-state index in [1.165, 1.54) is 0 Å². The Morgan fingerprint density at radius 1 is 1.52 bits per heavy atom. The van der Waals surface area contributed by atoms with E-state index in [2.05, 4.69) is 5.32 Å². The molecule has 116 valence electrons. The van der Waals surface area contributed by atoms with Crippen molar-refractivity contribution in [1.82, 2.24) is 5.32 Å². The molecule has 0 spiro atoms. The van der Waals surface area contributed by atoms with Crippen molar-refractivity contribution in [2.75, 3.05) is 19.8 Å². The van der Waals surface area contributed by atoms with Gasteiger partial charge in [0.25, 0.3) is 5.91 Å². The topological polar surface area (TPSA) is 67.8 Å². The van der Waals surface area contributed by atoms with Gasteiger partial charge in [0.05, 0.1) is 6.10 Å². The summed E-state index contributed by atoms with van der Waals surface area (Å²) in [5.74, 6) is 0.296. The Balaban J connectivity index is 1.88. The van der Waals surface area contributed by atoms with E-state index in [-0.39, 0.29) is 18.6 Å². The molecular weight excluding hydrogens is 294 g/mol. The van der Waals surface area contributed by atoms with E-state index in [9.17, 15) is 9.90 Å². The molecule has 2 rings (SSSR count). The maximum Gasteiger partial charge on any atom is 0.258 e. The monoisotopic (exact) mass is 313 g/mol. The second kappa shape index (κ2) is 7.64. The van der Waals surface area contributed by atoms with E-state index in [0.29, 0.717) is 29.5 Å². The molecular formula is C15H20ClNO4. The van der Waals surface area contributed by atoms with Gasteiger partial charge in [-0.1, -0.05) is 11.6 Å². The van der Waals surface area contributed by atoms with Crippen molar-refractivity contribution in [3.63, 3.8) is 0 Å². The fourth-order valence-electron chi connectivity index (χ4n) is 2.23. The Bertz CT molecular complexity index is 487. The standard InChI is InChI=1S/C15H20ClNO4/c1-10(18)13-8-11(16)2-3-14(13)21-9-15(19)17-12-4-6-20-7-5-12/h2-3,8,10,12,18H,4-7,9H2,1H3,(H,17,19). The van der Waals surface area contributed by atoms with Gasteiger partial charge in [0, 0.05) is 29.8 Å². The first-order valence-corrected chi connectivity index (χ1v) is 7.41. The van der Waals surface area contributed by atoms with Crippen molar-refractivity contribution in [1.29, 1.82) is 0 Å². The fourth-order valence-corrected chi connectivity index (χ4v) is 2.41. The summed E-state index contributed by atoms with van der Waals surface area (Å²) in [6.45, 7) is 2.89. The Hall–Kier alpha value is -1.30. The number of hydrogen-bond acceptors (Lipinski definition) is 4. The molecule has 1 atom stereocenters. The summed E-state index contributed by atoms with van der Waals surface area (Å²) in [4.78, 5) is 11.9. The van der Waals surface area contributed by atoms with Gasteiger partial charge in [-0.25, -0.2) is 0 Å². The minimum absolute atomic E-state index is 0.0846. The molecule has 2 N–H and O–H groups in total. The van der Waals surface area contributed by atoms with E-state index in [4.69, 9.17) is 21.1 Å². The highest BCUT2D eigenvalue weighted by Crippen LogP contribution is 2.28. The maximum atomic E-state index is 11.9. The van der Waals surface area contributed by atoms with Crippen LogP contribution in [0.3, 0.4) is 0 Å². The molecule has 21 heavy (non-hydrogen) atoms. The highest BCUT2D eigenvalue weighted by atomic mass is 35.5. The van der Waals surface area contributed by atoms with Crippen molar-refractivity contribution in [2.45, 2.75) is 31.9 Å². The van der Waals surface area contributed by atoms with Crippen LogP contribution >= 0.6 is 11.6 Å². The molecule has 0 radical (unpaired) electrons. The molecule has 1 aliphatic heterocycles. The number of carbonyl (C=O) groups excluding carboxylic acids is 1. The quantitative estimate of drug-likeness (QED) is 0.873. The number of carbonyl (C=O) groups is 1. The van der Waals surface area contributed by atoms with Crippen molar-refractivity contribution in [3.05, 3.63) is 28.8 Å². The lowest BCUT2D eigenvalue weighted by Crippen LogP contribution is -2.41. The van der Waals surface area contributed by atoms with Crippen LogP contribution in [0, 0.1) is 0 Å². The molecule has 0 aromatic heterocycles. The van der Waals surface area contributed by atoms with Crippen LogP contribution in [-0.2, 0) is 9.53 Å². The summed E-state index contributed by atoms with van der Waals surface area (Å²) in [5, 5.41) is 13.1. The maximum absolute atomic E-state index is 11.9. The van der Waals surface area contributed by atoms with Gasteiger partial charge in [-0.3, -0.25) is 4.79 Å². The zero-order valence-corrected chi connectivity index (χ0v) is 12.7. The number of benzene rings is 1. The molecule has 1 saturated heterocycles. The molecule has 1 amide bonds. The van der Waals surface area contributed by atoms with E-state index in [1.807, 2.05) is 0 Å². The molecule has 6 heteroatoms. The Kier molecular flexibility index (Phi) is 5.85. The van der Waals surface area contributed by atoms with Gasteiger partial charge in [0.15, 0.2) is 6.61 Å². The molecule has 0 saturated carbocycles. The summed E-state index contributed by atoms with van der Waals surface area (Å²) in [6, 6.07) is 5.11. The average Bonchev–Trinajstić information content (AvgIpc) is 2.47. The second-order valence-corrected chi connectivity index (χ2v) is 5.54. The van der Waals surface area contributed by atoms with E-state index in [1.54, 1.807) is 25.1 Å². The van der Waals surface area contributed by atoms with Crippen LogP contribution in [0.25, 0.3) is 0 Å². The van der Waals surface area contributed by atoms with Crippen LogP contribution in [0.1, 0.15) is 31.4 Å². The zero-order valence-electron chi connectivity index (χ0n) is 12.0. The third-order valence-corrected chi connectivity index (χ3v) is 3.60. The smallest absolute Gasteiger partial charge is 0.258 e. The van der Waals surface area contributed by atoms with Crippen molar-refractivity contribution in [3.8, 4) is 5.75 Å². The predicted octanol–water partition coefficient (Wildman–Crippen LogP) is 2.07. The second-order valence-electron chi connectivity index (χ2n) is 5.10. The summed E-state index contributed by atoms with van der Waals surface area (Å²) in [6.07, 6.45) is 0.939. The van der Waals surface area contributed by atoms with Crippen LogP contribution in [0.4, 0.5) is 0 Å². The van der Waals surface area contributed by atoms with E-state index in [0.717, 1.165) is 12.8 Å². The van der Waals surface area contributed by atoms with Crippen LogP contribution in [-0.4, -0.2) is 36.9 Å². The van der Waals surface area contributed by atoms with Gasteiger partial charge in [-0.2, -0.15) is 0 Å². The number of ether oxygens (including phenoxy) is 2. The Morgan fingerprint density at radius 2 is 2.24 bits per heavy atom. The highest BCUT2D eigenvalue weighted by molar-refractivity contribution is 6.30. The number of halogens is 1. The lowest BCUT2D eigenvalue weighted by molar-refractivity contribution is -0.124. The minimum Gasteiger partial charge on any atom is -0.483 e. The molecule has 1 aromatic rings. The van der Waals surface area contributed by atoms with Crippen LogP contribution in [0.2, 0.25) is 5.02 Å². The zero-order chi connectivity index (χ0) is 15.2. The molecule has 1 fully saturated rings. The summed E-state index contributed by atoms with van der Waals surface area (Å²) in [5.41, 5.74) is 0.571. The van der Waals surface area contributed by atoms with Crippen molar-refractivity contribution in [2.24, 2.45) is 0 Å². The first kappa shape index (κ1) is 16.1. The normalized spacial score (nSPS) is 17.3. The molecule has 0 bridgehead atoms. The molecule has 1 heterocycles. The lowest BCUT2D eigenvalue weighted by atomic mass is 10.1. The number of aliphatic hydroxyl groups is 1. The first-order valence-electron chi connectivity index (χ1n) is 7.03. The molecule has 1 unspecified atom stereocenters. The summed E-state index contributed by atoms with van der Waals surface area (Å²) >= 11 is 5.89. The lowest BCUT2D eigenvalue weighted by Gasteiger charge is -2.23. The third kappa shape index (κ3) is 4.88. The molecule has 0 aliphatic carbocycles. The van der Waals surface area contributed by atoms with Crippen LogP contribution in [0.5, 0.6) is 5.75 Å². The number of hydrogen-bond donors (Lipinski definition) is 2. The molecule has 5 nitrogen and oxygen atoms in total. The van der Waals surface area contributed by atoms with Gasteiger partial charge in [0.2, 0.25) is 0 Å². The first-order chi connectivity index (χ1) is 10.1. The van der Waals surface area contributed by atoms with Gasteiger partial charge in [-0.15, -0.1) is 0 Å².